The summed E-state index contributed by atoms with van der Waals surface area (Å²) in [4.78, 5) is 25.5. The van der Waals surface area contributed by atoms with Crippen LogP contribution in [0.1, 0.15) is 30.0 Å². The van der Waals surface area contributed by atoms with Crippen LogP contribution < -0.4 is 11.1 Å². The van der Waals surface area contributed by atoms with Crippen LogP contribution >= 0.6 is 11.8 Å². The number of hydrazone groups is 1. The summed E-state index contributed by atoms with van der Waals surface area (Å²) >= 11 is 1.45. The van der Waals surface area contributed by atoms with Crippen LogP contribution in [0.4, 0.5) is 17.6 Å². The van der Waals surface area contributed by atoms with Gasteiger partial charge in [0.2, 0.25) is 11.9 Å². The van der Waals surface area contributed by atoms with Crippen molar-refractivity contribution < 1.29 is 4.79 Å². The smallest absolute Gasteiger partial charge is 0.252 e. The molecule has 158 valence electrons. The fourth-order valence-electron chi connectivity index (χ4n) is 3.11. The van der Waals surface area contributed by atoms with E-state index in [9.17, 15) is 4.79 Å². The molecule has 2 aromatic carbocycles. The van der Waals surface area contributed by atoms with E-state index in [1.807, 2.05) is 67.6 Å². The quantitative estimate of drug-likeness (QED) is 0.585. The Morgan fingerprint density at radius 3 is 2.55 bits per heavy atom. The minimum atomic E-state index is -0.134. The lowest BCUT2D eigenvalue weighted by atomic mass is 10.1. The lowest BCUT2D eigenvalue weighted by molar-refractivity contribution is -0.127. The SMILES string of the molecule is C[C@@H](SCC(=O)N1CCC(c2ccccc2)=N1)c1nc(N)nc(Nc2ccccc2)n1. The molecule has 0 saturated carbocycles. The number of para-hydroxylation sites is 1. The zero-order valence-electron chi connectivity index (χ0n) is 17.1. The van der Waals surface area contributed by atoms with E-state index in [2.05, 4.69) is 25.4 Å². The van der Waals surface area contributed by atoms with Crippen molar-refractivity contribution in [2.75, 3.05) is 23.3 Å². The summed E-state index contributed by atoms with van der Waals surface area (Å²) in [6.45, 7) is 2.55. The number of hydrogen-bond donors (Lipinski definition) is 2. The van der Waals surface area contributed by atoms with Gasteiger partial charge in [0.25, 0.3) is 5.91 Å². The molecule has 4 rings (SSSR count). The molecule has 0 aliphatic carbocycles. The maximum absolute atomic E-state index is 12.6. The molecule has 2 heterocycles. The van der Waals surface area contributed by atoms with Gasteiger partial charge in [-0.1, -0.05) is 48.5 Å². The number of nitrogens with zero attached hydrogens (tertiary/aromatic N) is 5. The molecule has 0 radical (unpaired) electrons. The molecule has 1 atom stereocenters. The number of aromatic nitrogens is 3. The average Bonchev–Trinajstić information content (AvgIpc) is 3.29. The van der Waals surface area contributed by atoms with Crippen molar-refractivity contribution in [3.8, 4) is 0 Å². The first kappa shape index (κ1) is 20.8. The van der Waals surface area contributed by atoms with E-state index in [1.54, 1.807) is 5.01 Å². The largest absolute Gasteiger partial charge is 0.368 e. The fraction of sp³-hybridized carbons (Fsp3) is 0.227. The van der Waals surface area contributed by atoms with Gasteiger partial charge in [-0.15, -0.1) is 11.8 Å². The van der Waals surface area contributed by atoms with Gasteiger partial charge in [-0.25, -0.2) is 5.01 Å². The molecule has 1 aromatic heterocycles. The monoisotopic (exact) mass is 433 g/mol. The van der Waals surface area contributed by atoms with Crippen molar-refractivity contribution in [1.82, 2.24) is 20.0 Å². The maximum atomic E-state index is 12.6. The third-order valence-electron chi connectivity index (χ3n) is 4.72. The van der Waals surface area contributed by atoms with Crippen LogP contribution in [0.5, 0.6) is 0 Å². The molecule has 1 aliphatic heterocycles. The van der Waals surface area contributed by atoms with Crippen molar-refractivity contribution in [2.24, 2.45) is 5.10 Å². The lowest BCUT2D eigenvalue weighted by Gasteiger charge is -2.14. The molecule has 31 heavy (non-hydrogen) atoms. The molecule has 0 bridgehead atoms. The summed E-state index contributed by atoms with van der Waals surface area (Å²) in [6.07, 6.45) is 0.758. The summed E-state index contributed by atoms with van der Waals surface area (Å²) in [5.41, 5.74) is 8.72. The van der Waals surface area contributed by atoms with E-state index in [0.717, 1.165) is 23.4 Å². The van der Waals surface area contributed by atoms with Gasteiger partial charge >= 0.3 is 0 Å². The van der Waals surface area contributed by atoms with E-state index >= 15 is 0 Å². The van der Waals surface area contributed by atoms with Crippen LogP contribution in [0.2, 0.25) is 0 Å². The predicted molar refractivity (Wildman–Crippen MR) is 124 cm³/mol. The normalized spacial score (nSPS) is 14.2. The molecule has 0 unspecified atom stereocenters. The van der Waals surface area contributed by atoms with Gasteiger partial charge < -0.3 is 11.1 Å². The highest BCUT2D eigenvalue weighted by Crippen LogP contribution is 2.27. The van der Waals surface area contributed by atoms with E-state index in [1.165, 1.54) is 11.8 Å². The Balaban J connectivity index is 1.37. The summed E-state index contributed by atoms with van der Waals surface area (Å²) in [6, 6.07) is 19.5. The number of anilines is 3. The van der Waals surface area contributed by atoms with Crippen LogP contribution in [-0.4, -0.2) is 43.9 Å². The Kier molecular flexibility index (Phi) is 6.42. The lowest BCUT2D eigenvalue weighted by Crippen LogP contribution is -2.25. The molecule has 8 nitrogen and oxygen atoms in total. The fourth-order valence-corrected chi connectivity index (χ4v) is 3.91. The topological polar surface area (TPSA) is 109 Å². The Bertz CT molecular complexity index is 1080. The number of nitrogens with two attached hydrogens (primary N) is 1. The highest BCUT2D eigenvalue weighted by atomic mass is 32.2. The highest BCUT2D eigenvalue weighted by molar-refractivity contribution is 8.00. The van der Waals surface area contributed by atoms with Crippen LogP contribution in [-0.2, 0) is 4.79 Å². The van der Waals surface area contributed by atoms with Gasteiger partial charge in [-0.05, 0) is 24.6 Å². The van der Waals surface area contributed by atoms with Gasteiger partial charge in [0.05, 0.1) is 23.3 Å². The Labute approximate surface area is 185 Å². The molecule has 3 N–H and O–H groups in total. The van der Waals surface area contributed by atoms with Gasteiger partial charge in [0.15, 0.2) is 0 Å². The molecular formula is C22H23N7OS. The third kappa shape index (κ3) is 5.37. The number of thioether (sulfide) groups is 1. The molecule has 9 heteroatoms. The van der Waals surface area contributed by atoms with Gasteiger partial charge in [0, 0.05) is 12.1 Å². The van der Waals surface area contributed by atoms with Crippen molar-refractivity contribution in [3.05, 3.63) is 72.1 Å². The van der Waals surface area contributed by atoms with E-state index in [0.29, 0.717) is 18.3 Å². The standard InChI is InChI=1S/C22H23N7OS/c1-15(20-25-21(23)27-22(26-20)24-17-10-6-3-7-11-17)31-14-19(30)29-13-12-18(28-29)16-8-4-2-5-9-16/h2-11,15H,12-14H2,1H3,(H3,23,24,25,26,27)/t15-/m1/s1. The second kappa shape index (κ2) is 9.57. The van der Waals surface area contributed by atoms with Gasteiger partial charge in [0.1, 0.15) is 5.82 Å². The van der Waals surface area contributed by atoms with Crippen LogP contribution in [0.25, 0.3) is 0 Å². The number of nitrogens with one attached hydrogen (secondary N) is 1. The first-order valence-electron chi connectivity index (χ1n) is 9.97. The minimum absolute atomic E-state index is 0.0348. The van der Waals surface area contributed by atoms with Gasteiger partial charge in [-0.3, -0.25) is 4.79 Å². The summed E-state index contributed by atoms with van der Waals surface area (Å²) in [7, 11) is 0. The second-order valence-electron chi connectivity index (χ2n) is 7.00. The average molecular weight is 434 g/mol. The predicted octanol–water partition coefficient (Wildman–Crippen LogP) is 3.63. The molecule has 1 aliphatic rings. The first-order chi connectivity index (χ1) is 15.1. The van der Waals surface area contributed by atoms with E-state index in [-0.39, 0.29) is 22.9 Å². The number of carbonyl (C=O) groups is 1. The van der Waals surface area contributed by atoms with Crippen molar-refractivity contribution in [2.45, 2.75) is 18.6 Å². The summed E-state index contributed by atoms with van der Waals surface area (Å²) in [5.74, 6) is 1.29. The molecule has 0 spiro atoms. The molecular weight excluding hydrogens is 410 g/mol. The number of amides is 1. The summed E-state index contributed by atoms with van der Waals surface area (Å²) in [5, 5.41) is 9.04. The number of rotatable bonds is 7. The molecule has 1 amide bonds. The second-order valence-corrected chi connectivity index (χ2v) is 8.33. The van der Waals surface area contributed by atoms with Crippen LogP contribution in [0, 0.1) is 0 Å². The zero-order valence-corrected chi connectivity index (χ0v) is 17.9. The number of hydrogen-bond acceptors (Lipinski definition) is 8. The van der Waals surface area contributed by atoms with Crippen molar-refractivity contribution >= 4 is 41.0 Å². The Morgan fingerprint density at radius 1 is 1.10 bits per heavy atom. The van der Waals surface area contributed by atoms with Crippen molar-refractivity contribution in [3.63, 3.8) is 0 Å². The van der Waals surface area contributed by atoms with Crippen LogP contribution in [0.15, 0.2) is 65.8 Å². The number of nitrogen functional groups attached to an aromatic ring is 1. The van der Waals surface area contributed by atoms with E-state index in [4.69, 9.17) is 5.73 Å². The third-order valence-corrected chi connectivity index (χ3v) is 5.84. The molecule has 3 aromatic rings. The van der Waals surface area contributed by atoms with Crippen LogP contribution in [0.3, 0.4) is 0 Å². The minimum Gasteiger partial charge on any atom is -0.368 e. The maximum Gasteiger partial charge on any atom is 0.252 e. The molecule has 0 saturated heterocycles. The Hall–Kier alpha value is -3.46. The Morgan fingerprint density at radius 2 is 1.81 bits per heavy atom. The molecule has 0 fully saturated rings. The van der Waals surface area contributed by atoms with Crippen molar-refractivity contribution in [1.29, 1.82) is 0 Å². The zero-order chi connectivity index (χ0) is 21.6. The first-order valence-corrected chi connectivity index (χ1v) is 11.0. The summed E-state index contributed by atoms with van der Waals surface area (Å²) < 4.78 is 0. The van der Waals surface area contributed by atoms with Gasteiger partial charge in [-0.2, -0.15) is 20.1 Å². The number of carbonyl (C=O) groups excluding carboxylic acids is 1. The highest BCUT2D eigenvalue weighted by Gasteiger charge is 2.23. The number of benzene rings is 2. The van der Waals surface area contributed by atoms with E-state index < -0.39 is 0 Å².